The van der Waals surface area contributed by atoms with Gasteiger partial charge in [0.25, 0.3) is 0 Å². The second-order valence-corrected chi connectivity index (χ2v) is 4.70. The van der Waals surface area contributed by atoms with Gasteiger partial charge in [-0.15, -0.1) is 11.3 Å². The van der Waals surface area contributed by atoms with Gasteiger partial charge in [0.1, 0.15) is 0 Å². The largest absolute Gasteiger partial charge is 0.365 e. The summed E-state index contributed by atoms with van der Waals surface area (Å²) in [6.45, 7) is 1.91. The summed E-state index contributed by atoms with van der Waals surface area (Å²) in [5.74, 6) is 1.12. The number of thioether (sulfide) groups is 1. The molecule has 2 rings (SSSR count). The SMILES string of the molecule is c1csc(CCNC2=NCCS2)n1. The quantitative estimate of drug-likeness (QED) is 0.824. The van der Waals surface area contributed by atoms with Crippen molar-refractivity contribution in [2.24, 2.45) is 4.99 Å². The van der Waals surface area contributed by atoms with Gasteiger partial charge < -0.3 is 5.32 Å². The first-order chi connectivity index (χ1) is 6.45. The molecule has 13 heavy (non-hydrogen) atoms. The van der Waals surface area contributed by atoms with Crippen LogP contribution < -0.4 is 5.32 Å². The zero-order chi connectivity index (χ0) is 8.93. The van der Waals surface area contributed by atoms with Crippen molar-refractivity contribution in [1.29, 1.82) is 0 Å². The molecule has 0 atom stereocenters. The minimum atomic E-state index is 0.944. The zero-order valence-electron chi connectivity index (χ0n) is 7.19. The van der Waals surface area contributed by atoms with Crippen LogP contribution in [-0.2, 0) is 6.42 Å². The molecule has 5 heteroatoms. The minimum absolute atomic E-state index is 0.944. The molecule has 1 aromatic heterocycles. The van der Waals surface area contributed by atoms with Crippen molar-refractivity contribution < 1.29 is 0 Å². The number of hydrogen-bond donors (Lipinski definition) is 1. The van der Waals surface area contributed by atoms with E-state index < -0.39 is 0 Å². The first-order valence-electron chi connectivity index (χ1n) is 4.24. The van der Waals surface area contributed by atoms with Crippen molar-refractivity contribution in [2.75, 3.05) is 18.8 Å². The smallest absolute Gasteiger partial charge is 0.156 e. The predicted octanol–water partition coefficient (Wildman–Crippen LogP) is 1.38. The Morgan fingerprint density at radius 1 is 1.54 bits per heavy atom. The number of nitrogens with one attached hydrogen (secondary N) is 1. The van der Waals surface area contributed by atoms with Gasteiger partial charge in [-0.1, -0.05) is 11.8 Å². The number of thiazole rings is 1. The topological polar surface area (TPSA) is 37.3 Å². The summed E-state index contributed by atoms with van der Waals surface area (Å²) in [7, 11) is 0. The highest BCUT2D eigenvalue weighted by atomic mass is 32.2. The molecule has 2 heterocycles. The molecule has 1 aliphatic heterocycles. The molecule has 0 aliphatic carbocycles. The highest BCUT2D eigenvalue weighted by Crippen LogP contribution is 2.09. The molecule has 0 fully saturated rings. The van der Waals surface area contributed by atoms with Crippen molar-refractivity contribution in [3.63, 3.8) is 0 Å². The fraction of sp³-hybridized carbons (Fsp3) is 0.500. The van der Waals surface area contributed by atoms with Gasteiger partial charge >= 0.3 is 0 Å². The third kappa shape index (κ3) is 2.70. The number of aromatic nitrogens is 1. The summed E-state index contributed by atoms with van der Waals surface area (Å²) in [5.41, 5.74) is 0. The summed E-state index contributed by atoms with van der Waals surface area (Å²) in [4.78, 5) is 8.52. The van der Waals surface area contributed by atoms with E-state index in [0.29, 0.717) is 0 Å². The second-order valence-electron chi connectivity index (χ2n) is 2.64. The van der Waals surface area contributed by atoms with E-state index in [1.165, 1.54) is 5.01 Å². The highest BCUT2D eigenvalue weighted by Gasteiger charge is 2.05. The molecular formula is C8H11N3S2. The average molecular weight is 213 g/mol. The molecule has 0 bridgehead atoms. The summed E-state index contributed by atoms with van der Waals surface area (Å²) in [5, 5.41) is 7.60. The fourth-order valence-electron chi connectivity index (χ4n) is 1.09. The van der Waals surface area contributed by atoms with Gasteiger partial charge in [-0.05, 0) is 0 Å². The molecule has 0 spiro atoms. The van der Waals surface area contributed by atoms with Gasteiger partial charge in [0.2, 0.25) is 0 Å². The number of hydrogen-bond acceptors (Lipinski definition) is 5. The lowest BCUT2D eigenvalue weighted by Crippen LogP contribution is -2.21. The van der Waals surface area contributed by atoms with Crippen LogP contribution in [0.1, 0.15) is 5.01 Å². The van der Waals surface area contributed by atoms with Crippen molar-refractivity contribution in [1.82, 2.24) is 10.3 Å². The van der Waals surface area contributed by atoms with Crippen LogP contribution >= 0.6 is 23.1 Å². The lowest BCUT2D eigenvalue weighted by Gasteiger charge is -2.01. The van der Waals surface area contributed by atoms with Gasteiger partial charge in [0, 0.05) is 30.3 Å². The molecule has 1 aromatic rings. The van der Waals surface area contributed by atoms with Gasteiger partial charge in [-0.2, -0.15) is 0 Å². The van der Waals surface area contributed by atoms with Gasteiger partial charge in [-0.3, -0.25) is 4.99 Å². The van der Waals surface area contributed by atoms with Crippen LogP contribution in [0.25, 0.3) is 0 Å². The number of amidine groups is 1. The molecule has 0 radical (unpaired) electrons. The molecule has 70 valence electrons. The van der Waals surface area contributed by atoms with E-state index >= 15 is 0 Å². The average Bonchev–Trinajstić information content (AvgIpc) is 2.75. The predicted molar refractivity (Wildman–Crippen MR) is 58.6 cm³/mol. The van der Waals surface area contributed by atoms with Crippen LogP contribution in [0.5, 0.6) is 0 Å². The monoisotopic (exact) mass is 213 g/mol. The lowest BCUT2D eigenvalue weighted by molar-refractivity contribution is 0.864. The molecule has 0 saturated carbocycles. The molecule has 0 amide bonds. The van der Waals surface area contributed by atoms with Crippen LogP contribution in [0.3, 0.4) is 0 Å². The van der Waals surface area contributed by atoms with Crippen LogP contribution in [0.2, 0.25) is 0 Å². The van der Waals surface area contributed by atoms with E-state index in [-0.39, 0.29) is 0 Å². The van der Waals surface area contributed by atoms with E-state index in [4.69, 9.17) is 0 Å². The maximum absolute atomic E-state index is 4.31. The number of nitrogens with zero attached hydrogens (tertiary/aromatic N) is 2. The maximum Gasteiger partial charge on any atom is 0.156 e. The van der Waals surface area contributed by atoms with Crippen LogP contribution in [-0.4, -0.2) is 29.0 Å². The molecule has 0 saturated heterocycles. The normalized spacial score (nSPS) is 15.8. The Morgan fingerprint density at radius 3 is 3.23 bits per heavy atom. The fourth-order valence-corrected chi connectivity index (χ4v) is 2.48. The summed E-state index contributed by atoms with van der Waals surface area (Å²) < 4.78 is 0. The standard InChI is InChI=1S/C8H11N3S2/c1(7-9-3-5-12-7)2-10-8-11-4-6-13-8/h3,5H,1-2,4,6H2,(H,10,11). The van der Waals surface area contributed by atoms with E-state index in [2.05, 4.69) is 15.3 Å². The molecular weight excluding hydrogens is 202 g/mol. The minimum Gasteiger partial charge on any atom is -0.365 e. The Bertz CT molecular complexity index is 282. The molecule has 3 nitrogen and oxygen atoms in total. The third-order valence-electron chi connectivity index (χ3n) is 1.68. The van der Waals surface area contributed by atoms with E-state index in [0.717, 1.165) is 30.4 Å². The zero-order valence-corrected chi connectivity index (χ0v) is 8.83. The summed E-state index contributed by atoms with van der Waals surface area (Å²) >= 11 is 3.51. The Morgan fingerprint density at radius 2 is 2.54 bits per heavy atom. The van der Waals surface area contributed by atoms with Crippen LogP contribution in [0.4, 0.5) is 0 Å². The maximum atomic E-state index is 4.31. The van der Waals surface area contributed by atoms with Gasteiger partial charge in [-0.25, -0.2) is 4.98 Å². The van der Waals surface area contributed by atoms with E-state index in [9.17, 15) is 0 Å². The van der Waals surface area contributed by atoms with Crippen molar-refractivity contribution in [2.45, 2.75) is 6.42 Å². The van der Waals surface area contributed by atoms with Gasteiger partial charge in [0.15, 0.2) is 5.17 Å². The number of rotatable bonds is 3. The summed E-state index contributed by atoms with van der Waals surface area (Å²) in [6.07, 6.45) is 2.85. The molecule has 1 N–H and O–H groups in total. The Kier molecular flexibility index (Phi) is 3.21. The van der Waals surface area contributed by atoms with Crippen molar-refractivity contribution >= 4 is 28.3 Å². The molecule has 0 unspecified atom stereocenters. The Hall–Kier alpha value is -0.550. The van der Waals surface area contributed by atoms with Crippen LogP contribution in [0, 0.1) is 0 Å². The first-order valence-corrected chi connectivity index (χ1v) is 6.11. The second kappa shape index (κ2) is 4.62. The van der Waals surface area contributed by atoms with Crippen molar-refractivity contribution in [3.8, 4) is 0 Å². The first kappa shape index (κ1) is 9.02. The molecule has 0 aromatic carbocycles. The Balaban J connectivity index is 1.69. The highest BCUT2D eigenvalue weighted by molar-refractivity contribution is 8.14. The summed E-state index contributed by atoms with van der Waals surface area (Å²) in [6, 6.07) is 0. The third-order valence-corrected chi connectivity index (χ3v) is 3.46. The Labute approximate surface area is 85.7 Å². The van der Waals surface area contributed by atoms with E-state index in [1.54, 1.807) is 23.1 Å². The van der Waals surface area contributed by atoms with E-state index in [1.807, 2.05) is 11.6 Å². The van der Waals surface area contributed by atoms with Gasteiger partial charge in [0.05, 0.1) is 11.6 Å². The molecule has 1 aliphatic rings. The van der Waals surface area contributed by atoms with Crippen LogP contribution in [0.15, 0.2) is 16.6 Å². The number of aliphatic imine (C=N–C) groups is 1. The lowest BCUT2D eigenvalue weighted by atomic mass is 10.4. The van der Waals surface area contributed by atoms with Crippen molar-refractivity contribution in [3.05, 3.63) is 16.6 Å².